The second-order valence-corrected chi connectivity index (χ2v) is 17.9. The van der Waals surface area contributed by atoms with E-state index in [2.05, 4.69) is 35.4 Å². The third kappa shape index (κ3) is 9.19. The van der Waals surface area contributed by atoms with Crippen molar-refractivity contribution in [3.8, 4) is 0 Å². The van der Waals surface area contributed by atoms with Crippen molar-refractivity contribution in [1.82, 2.24) is 17.8 Å². The first-order chi connectivity index (χ1) is 22.9. The van der Waals surface area contributed by atoms with Gasteiger partial charge in [0, 0.05) is 83.9 Å². The second-order valence-electron chi connectivity index (χ2n) is 14.1. The standard InChI is InChI=1S/C36H56N6O4S2/c1-31-27-39(47(43,44)36-19-17-34(18-20-36)37(3)4)23-11-21-38(30-33-13-7-5-8-14-33)22-12-24-40(28-31)48(45,46)41-25-26-42(32(2)29-41)35-15-9-6-10-16-35/h6,9-10,15-20,32-33H,1,5,7-8,11-14,21-30H2,2-4H3/t32-/m1/s1. The number of anilines is 2. The molecule has 0 unspecified atom stereocenters. The van der Waals surface area contributed by atoms with Crippen LogP contribution in [-0.2, 0) is 20.2 Å². The summed E-state index contributed by atoms with van der Waals surface area (Å²) in [6.45, 7) is 11.1. The summed E-state index contributed by atoms with van der Waals surface area (Å²) in [4.78, 5) is 6.89. The summed E-state index contributed by atoms with van der Waals surface area (Å²) in [6, 6.07) is 17.1. The lowest BCUT2D eigenvalue weighted by Gasteiger charge is -2.42. The zero-order chi connectivity index (χ0) is 34.3. The van der Waals surface area contributed by atoms with Gasteiger partial charge in [-0.15, -0.1) is 0 Å². The normalized spacial score (nSPS) is 23.0. The molecule has 2 aromatic carbocycles. The SMILES string of the molecule is C=C1CN(S(=O)(=O)c2ccc(N(C)C)cc2)CCCN(CC2CCCCC2)CCCN(S(=O)(=O)N2CCN(c3ccccc3)[C@H](C)C2)C1. The molecule has 0 bridgehead atoms. The van der Waals surface area contributed by atoms with Gasteiger partial charge in [-0.1, -0.05) is 44.0 Å². The van der Waals surface area contributed by atoms with E-state index < -0.39 is 20.2 Å². The van der Waals surface area contributed by atoms with Crippen molar-refractivity contribution in [3.63, 3.8) is 0 Å². The van der Waals surface area contributed by atoms with E-state index in [1.807, 2.05) is 49.3 Å². The Balaban J connectivity index is 1.36. The van der Waals surface area contributed by atoms with Crippen LogP contribution in [0.5, 0.6) is 0 Å². The zero-order valence-electron chi connectivity index (χ0n) is 29.2. The van der Waals surface area contributed by atoms with Gasteiger partial charge in [-0.3, -0.25) is 0 Å². The molecule has 12 heteroatoms. The fraction of sp³-hybridized carbons (Fsp3) is 0.611. The number of nitrogens with zero attached hydrogens (tertiary/aromatic N) is 6. The van der Waals surface area contributed by atoms with Crippen molar-refractivity contribution in [2.45, 2.75) is 62.8 Å². The first kappa shape index (κ1) is 36.8. The first-order valence-electron chi connectivity index (χ1n) is 17.7. The fourth-order valence-corrected chi connectivity index (χ4v) is 10.7. The van der Waals surface area contributed by atoms with Gasteiger partial charge in [0.25, 0.3) is 10.2 Å². The highest BCUT2D eigenvalue weighted by Crippen LogP contribution is 2.27. The molecule has 1 atom stereocenters. The Labute approximate surface area is 290 Å². The van der Waals surface area contributed by atoms with Gasteiger partial charge >= 0.3 is 0 Å². The molecule has 3 aliphatic rings. The monoisotopic (exact) mass is 700 g/mol. The smallest absolute Gasteiger partial charge is 0.282 e. The maximum atomic E-state index is 14.3. The molecule has 3 fully saturated rings. The molecule has 0 amide bonds. The molecule has 0 N–H and O–H groups in total. The zero-order valence-corrected chi connectivity index (χ0v) is 30.8. The number of hydrogen-bond donors (Lipinski definition) is 0. The van der Waals surface area contributed by atoms with Crippen molar-refractivity contribution in [2.24, 2.45) is 5.92 Å². The van der Waals surface area contributed by atoms with Crippen LogP contribution in [0.3, 0.4) is 0 Å². The molecule has 10 nitrogen and oxygen atoms in total. The molecular formula is C36H56N6O4S2. The Bertz CT molecular complexity index is 1550. The van der Waals surface area contributed by atoms with Crippen molar-refractivity contribution in [1.29, 1.82) is 0 Å². The van der Waals surface area contributed by atoms with E-state index in [0.29, 0.717) is 50.6 Å². The summed E-state index contributed by atoms with van der Waals surface area (Å²) < 4.78 is 61.4. The van der Waals surface area contributed by atoms with Crippen LogP contribution in [0.15, 0.2) is 71.6 Å². The van der Waals surface area contributed by atoms with Gasteiger partial charge in [-0.2, -0.15) is 21.3 Å². The highest BCUT2D eigenvalue weighted by molar-refractivity contribution is 7.89. The van der Waals surface area contributed by atoms with Gasteiger partial charge in [0.2, 0.25) is 10.0 Å². The van der Waals surface area contributed by atoms with Crippen LogP contribution in [0.1, 0.15) is 51.9 Å². The van der Waals surface area contributed by atoms with Crippen molar-refractivity contribution in [2.75, 3.05) is 89.3 Å². The van der Waals surface area contributed by atoms with Gasteiger partial charge < -0.3 is 14.7 Å². The number of benzene rings is 2. The summed E-state index contributed by atoms with van der Waals surface area (Å²) >= 11 is 0. The van der Waals surface area contributed by atoms with Crippen molar-refractivity contribution in [3.05, 3.63) is 66.7 Å². The van der Waals surface area contributed by atoms with Crippen LogP contribution in [0.25, 0.3) is 0 Å². The lowest BCUT2D eigenvalue weighted by atomic mass is 9.89. The molecule has 2 aromatic rings. The van der Waals surface area contributed by atoms with Crippen LogP contribution in [-0.4, -0.2) is 120 Å². The van der Waals surface area contributed by atoms with Gasteiger partial charge in [0.05, 0.1) is 4.90 Å². The van der Waals surface area contributed by atoms with E-state index in [0.717, 1.165) is 37.4 Å². The second kappa shape index (κ2) is 16.5. The molecule has 1 saturated carbocycles. The van der Waals surface area contributed by atoms with Crippen LogP contribution >= 0.6 is 0 Å². The minimum atomic E-state index is -3.83. The maximum absolute atomic E-state index is 14.3. The molecule has 48 heavy (non-hydrogen) atoms. The summed E-state index contributed by atoms with van der Waals surface area (Å²) in [5.41, 5.74) is 2.59. The Hall–Kier alpha value is -2.48. The highest BCUT2D eigenvalue weighted by Gasteiger charge is 2.36. The number of sulfonamides is 1. The summed E-state index contributed by atoms with van der Waals surface area (Å²) in [6.07, 6.45) is 7.72. The van der Waals surface area contributed by atoms with Gasteiger partial charge in [-0.05, 0) is 93.6 Å². The van der Waals surface area contributed by atoms with E-state index in [1.165, 1.54) is 36.4 Å². The van der Waals surface area contributed by atoms with Crippen LogP contribution in [0.4, 0.5) is 11.4 Å². The third-order valence-electron chi connectivity index (χ3n) is 10.1. The van der Waals surface area contributed by atoms with Gasteiger partial charge in [-0.25, -0.2) is 8.42 Å². The van der Waals surface area contributed by atoms with E-state index in [9.17, 15) is 16.8 Å². The quantitative estimate of drug-likeness (QED) is 0.368. The van der Waals surface area contributed by atoms with Crippen LogP contribution in [0.2, 0.25) is 0 Å². The summed E-state index contributed by atoms with van der Waals surface area (Å²) in [5, 5.41) is 0. The van der Waals surface area contributed by atoms with Crippen molar-refractivity contribution >= 4 is 31.6 Å². The molecule has 5 rings (SSSR count). The molecule has 1 aliphatic carbocycles. The molecule has 2 heterocycles. The average molecular weight is 701 g/mol. The van der Waals surface area contributed by atoms with Crippen LogP contribution in [0, 0.1) is 5.92 Å². The number of para-hydroxylation sites is 1. The molecule has 0 spiro atoms. The molecule has 2 saturated heterocycles. The number of piperazine rings is 1. The van der Waals surface area contributed by atoms with Gasteiger partial charge in [0.1, 0.15) is 0 Å². The molecular weight excluding hydrogens is 645 g/mol. The Kier molecular flexibility index (Phi) is 12.6. The largest absolute Gasteiger partial charge is 0.378 e. The number of rotatable bonds is 8. The molecule has 2 aliphatic heterocycles. The number of hydrogen-bond acceptors (Lipinski definition) is 7. The van der Waals surface area contributed by atoms with E-state index >= 15 is 0 Å². The molecule has 0 aromatic heterocycles. The lowest BCUT2D eigenvalue weighted by molar-refractivity contribution is 0.187. The van der Waals surface area contributed by atoms with Gasteiger partial charge in [0.15, 0.2) is 0 Å². The van der Waals surface area contributed by atoms with Crippen LogP contribution < -0.4 is 9.80 Å². The van der Waals surface area contributed by atoms with E-state index in [4.69, 9.17) is 0 Å². The summed E-state index contributed by atoms with van der Waals surface area (Å²) in [5.74, 6) is 0.642. The Morgan fingerprint density at radius 1 is 0.729 bits per heavy atom. The average Bonchev–Trinajstić information content (AvgIpc) is 3.07. The lowest BCUT2D eigenvalue weighted by Crippen LogP contribution is -2.57. The van der Waals surface area contributed by atoms with Crippen molar-refractivity contribution < 1.29 is 16.8 Å². The molecule has 0 radical (unpaired) electrons. The van der Waals surface area contributed by atoms with E-state index in [1.54, 1.807) is 20.7 Å². The minimum absolute atomic E-state index is 0.0112. The van der Waals surface area contributed by atoms with E-state index in [-0.39, 0.29) is 24.0 Å². The topological polar surface area (TPSA) is 87.7 Å². The summed E-state index contributed by atoms with van der Waals surface area (Å²) in [7, 11) is -3.81. The Morgan fingerprint density at radius 3 is 1.98 bits per heavy atom. The molecule has 266 valence electrons. The fourth-order valence-electron chi connectivity index (χ4n) is 7.45. The Morgan fingerprint density at radius 2 is 1.35 bits per heavy atom. The minimum Gasteiger partial charge on any atom is -0.378 e. The third-order valence-corrected chi connectivity index (χ3v) is 13.9. The first-order valence-corrected chi connectivity index (χ1v) is 20.5. The maximum Gasteiger partial charge on any atom is 0.282 e. The predicted molar refractivity (Wildman–Crippen MR) is 196 cm³/mol. The highest BCUT2D eigenvalue weighted by atomic mass is 32.2. The predicted octanol–water partition coefficient (Wildman–Crippen LogP) is 4.73.